The minimum absolute atomic E-state index is 0.00404. The molecule has 2 aliphatic carbocycles. The van der Waals surface area contributed by atoms with Gasteiger partial charge in [0, 0.05) is 5.56 Å². The smallest absolute Gasteiger partial charge is 0.339 e. The molecule has 2 saturated carbocycles. The molecule has 1 saturated heterocycles. The summed E-state index contributed by atoms with van der Waals surface area (Å²) in [4.78, 5) is 54.2. The number of hydrogen-bond acceptors (Lipinski definition) is 8. The Morgan fingerprint density at radius 2 is 1.49 bits per heavy atom. The molecule has 238 valence electrons. The summed E-state index contributed by atoms with van der Waals surface area (Å²) in [6.07, 6.45) is 1.74. The van der Waals surface area contributed by atoms with E-state index in [9.17, 15) is 27.6 Å². The molecule has 47 heavy (non-hydrogen) atoms. The number of ketones is 1. The molecule has 2 bridgehead atoms. The van der Waals surface area contributed by atoms with Crippen LogP contribution in [0.5, 0.6) is 5.75 Å². The highest BCUT2D eigenvalue weighted by molar-refractivity contribution is 7.87. The molecular formula is C37H31NO8S. The Labute approximate surface area is 272 Å². The van der Waals surface area contributed by atoms with Gasteiger partial charge in [-0.3, -0.25) is 19.3 Å². The van der Waals surface area contributed by atoms with Gasteiger partial charge in [-0.15, -0.1) is 0 Å². The molecule has 9 nitrogen and oxygen atoms in total. The van der Waals surface area contributed by atoms with Crippen LogP contribution in [-0.2, 0) is 24.4 Å². The fourth-order valence-electron chi connectivity index (χ4n) is 7.44. The highest BCUT2D eigenvalue weighted by atomic mass is 32.2. The van der Waals surface area contributed by atoms with Crippen LogP contribution in [0.2, 0.25) is 0 Å². The summed E-state index contributed by atoms with van der Waals surface area (Å²) in [5.74, 6) is -1.95. The summed E-state index contributed by atoms with van der Waals surface area (Å²) >= 11 is 0. The topological polar surface area (TPSA) is 124 Å². The highest BCUT2D eigenvalue weighted by Gasteiger charge is 2.64. The van der Waals surface area contributed by atoms with Gasteiger partial charge in [0.25, 0.3) is 0 Å². The van der Waals surface area contributed by atoms with E-state index in [-0.39, 0.29) is 63.2 Å². The van der Waals surface area contributed by atoms with Crippen molar-refractivity contribution in [3.05, 3.63) is 125 Å². The number of anilines is 1. The van der Waals surface area contributed by atoms with Gasteiger partial charge >= 0.3 is 16.1 Å². The number of carbonyl (C=O) groups excluding carboxylic acids is 4. The van der Waals surface area contributed by atoms with Crippen LogP contribution in [0.15, 0.2) is 108 Å². The normalized spacial score (nSPS) is 23.1. The molecule has 5 atom stereocenters. The Morgan fingerprint density at radius 1 is 0.787 bits per heavy atom. The summed E-state index contributed by atoms with van der Waals surface area (Å²) < 4.78 is 35.5. The second-order valence-electron chi connectivity index (χ2n) is 12.4. The van der Waals surface area contributed by atoms with E-state index in [1.54, 1.807) is 24.3 Å². The molecule has 2 amide bonds. The number of benzene rings is 4. The molecule has 0 aromatic heterocycles. The van der Waals surface area contributed by atoms with Crippen LogP contribution >= 0.6 is 0 Å². The van der Waals surface area contributed by atoms with Gasteiger partial charge in [0.1, 0.15) is 10.6 Å². The van der Waals surface area contributed by atoms with Crippen LogP contribution in [0.25, 0.3) is 0 Å². The maximum atomic E-state index is 13.7. The number of aryl methyl sites for hydroxylation is 1. The van der Waals surface area contributed by atoms with Gasteiger partial charge in [-0.1, -0.05) is 54.1 Å². The average Bonchev–Trinajstić information content (AvgIpc) is 3.75. The number of Topliss-reactive ketones (excluding diaryl/α,β-unsaturated/α-hetero) is 1. The number of fused-ring (bicyclic) bond motifs is 5. The zero-order chi connectivity index (χ0) is 32.9. The Hall–Kier alpha value is -5.09. The molecule has 0 unspecified atom stereocenters. The van der Waals surface area contributed by atoms with Crippen LogP contribution < -0.4 is 9.08 Å². The van der Waals surface area contributed by atoms with Crippen molar-refractivity contribution in [3.63, 3.8) is 0 Å². The van der Waals surface area contributed by atoms with E-state index >= 15 is 0 Å². The van der Waals surface area contributed by atoms with E-state index in [2.05, 4.69) is 12.1 Å². The monoisotopic (exact) mass is 649 g/mol. The Kier molecular flexibility index (Phi) is 7.76. The Bertz CT molecular complexity index is 1990. The second kappa shape index (κ2) is 11.9. The summed E-state index contributed by atoms with van der Waals surface area (Å²) in [7, 11) is -4.05. The van der Waals surface area contributed by atoms with Crippen molar-refractivity contribution in [2.24, 2.45) is 23.7 Å². The first-order chi connectivity index (χ1) is 22.6. The molecule has 7 rings (SSSR count). The molecule has 0 radical (unpaired) electrons. The highest BCUT2D eigenvalue weighted by Crippen LogP contribution is 2.61. The molecule has 0 spiro atoms. The number of amides is 2. The van der Waals surface area contributed by atoms with E-state index in [0.717, 1.165) is 18.4 Å². The quantitative estimate of drug-likeness (QED) is 0.0975. The number of esters is 1. The number of carbonyl (C=O) groups is 4. The summed E-state index contributed by atoms with van der Waals surface area (Å²) in [6, 6.07) is 28.0. The molecule has 4 aromatic rings. The van der Waals surface area contributed by atoms with Gasteiger partial charge in [0.2, 0.25) is 11.8 Å². The number of ether oxygens (including phenoxy) is 1. The minimum Gasteiger partial charge on any atom is -0.454 e. The Balaban J connectivity index is 0.985. The third-order valence-corrected chi connectivity index (χ3v) is 10.9. The average molecular weight is 650 g/mol. The van der Waals surface area contributed by atoms with Crippen molar-refractivity contribution in [1.82, 2.24) is 0 Å². The summed E-state index contributed by atoms with van der Waals surface area (Å²) in [5.41, 5.74) is 2.70. The lowest BCUT2D eigenvalue weighted by Crippen LogP contribution is -2.33. The molecule has 4 aromatic carbocycles. The molecular weight excluding hydrogens is 618 g/mol. The van der Waals surface area contributed by atoms with Crippen LogP contribution in [0.1, 0.15) is 50.6 Å². The zero-order valence-electron chi connectivity index (χ0n) is 25.4. The molecule has 3 fully saturated rings. The largest absolute Gasteiger partial charge is 0.454 e. The third-order valence-electron chi connectivity index (χ3n) is 9.61. The lowest BCUT2D eigenvalue weighted by atomic mass is 9.73. The number of nitrogens with zero attached hydrogens (tertiary/aromatic N) is 1. The first kappa shape index (κ1) is 30.6. The zero-order valence-corrected chi connectivity index (χ0v) is 26.3. The SMILES string of the molecule is Cc1ccc(S(=O)(=O)Oc2ccc(C(=O)COC(=O)c3cccc(N4C(=O)[C@@H]5[C@@H]6C[C@@H]([C@@H]5C4=O)[C@@H](c4ccccc4)C6)c3)cc2)cc1. The number of hydrogen-bond donors (Lipinski definition) is 0. The predicted octanol–water partition coefficient (Wildman–Crippen LogP) is 5.73. The van der Waals surface area contributed by atoms with Crippen LogP contribution in [0.3, 0.4) is 0 Å². The molecule has 1 aliphatic heterocycles. The fraction of sp³-hybridized carbons (Fsp3) is 0.243. The second-order valence-corrected chi connectivity index (χ2v) is 13.9. The molecule has 1 heterocycles. The van der Waals surface area contributed by atoms with Crippen molar-refractivity contribution in [2.45, 2.75) is 30.6 Å². The van der Waals surface area contributed by atoms with Crippen molar-refractivity contribution >= 4 is 39.4 Å². The number of imide groups is 1. The molecule has 10 heteroatoms. The van der Waals surface area contributed by atoms with E-state index < -0.39 is 28.5 Å². The lowest BCUT2D eigenvalue weighted by molar-refractivity contribution is -0.123. The Morgan fingerprint density at radius 3 is 2.21 bits per heavy atom. The first-order valence-electron chi connectivity index (χ1n) is 15.4. The lowest BCUT2D eigenvalue weighted by Gasteiger charge is -2.28. The van der Waals surface area contributed by atoms with Gasteiger partial charge in [-0.25, -0.2) is 4.79 Å². The number of rotatable bonds is 9. The first-order valence-corrected chi connectivity index (χ1v) is 16.9. The van der Waals surface area contributed by atoms with Gasteiger partial charge in [0.15, 0.2) is 12.4 Å². The predicted molar refractivity (Wildman–Crippen MR) is 171 cm³/mol. The van der Waals surface area contributed by atoms with E-state index in [0.29, 0.717) is 5.69 Å². The van der Waals surface area contributed by atoms with Gasteiger partial charge < -0.3 is 8.92 Å². The standard InChI is InChI=1S/C37H31NO8S/c1-22-10-16-29(17-11-22)47(43,44)46-28-14-12-24(13-15-28)32(39)21-45-37(42)25-8-5-9-27(18-25)38-35(40)33-26-19-30(23-6-3-2-4-7-23)31(20-26)34(33)36(38)41/h2-18,26,30-31,33-34H,19-21H2,1H3/t26-,30+,31+,33+,34-/m0/s1. The van der Waals surface area contributed by atoms with Crippen molar-refractivity contribution in [1.29, 1.82) is 0 Å². The van der Waals surface area contributed by atoms with Crippen LogP contribution in [0.4, 0.5) is 5.69 Å². The van der Waals surface area contributed by atoms with E-state index in [1.165, 1.54) is 59.0 Å². The van der Waals surface area contributed by atoms with Crippen molar-refractivity contribution in [3.8, 4) is 5.75 Å². The van der Waals surface area contributed by atoms with E-state index in [1.807, 2.05) is 25.1 Å². The summed E-state index contributed by atoms with van der Waals surface area (Å²) in [6.45, 7) is 1.27. The maximum absolute atomic E-state index is 13.7. The van der Waals surface area contributed by atoms with Crippen LogP contribution in [-0.4, -0.2) is 38.6 Å². The van der Waals surface area contributed by atoms with E-state index in [4.69, 9.17) is 8.92 Å². The van der Waals surface area contributed by atoms with Crippen molar-refractivity contribution in [2.75, 3.05) is 11.5 Å². The van der Waals surface area contributed by atoms with Crippen LogP contribution in [0, 0.1) is 30.6 Å². The van der Waals surface area contributed by atoms with Crippen molar-refractivity contribution < 1.29 is 36.5 Å². The third kappa shape index (κ3) is 5.63. The van der Waals surface area contributed by atoms with Gasteiger partial charge in [-0.05, 0) is 97.7 Å². The van der Waals surface area contributed by atoms with Gasteiger partial charge in [0.05, 0.1) is 23.1 Å². The maximum Gasteiger partial charge on any atom is 0.339 e. The molecule has 0 N–H and O–H groups in total. The summed E-state index contributed by atoms with van der Waals surface area (Å²) in [5, 5.41) is 0. The minimum atomic E-state index is -4.05. The fourth-order valence-corrected chi connectivity index (χ4v) is 8.37. The molecule has 3 aliphatic rings. The van der Waals surface area contributed by atoms with Gasteiger partial charge in [-0.2, -0.15) is 8.42 Å².